The number of hydrogen-bond acceptors (Lipinski definition) is 3. The molecule has 0 bridgehead atoms. The number of rotatable bonds is 0. The van der Waals surface area contributed by atoms with Crippen molar-refractivity contribution >= 4 is 0 Å². The molecule has 2 heterocycles. The molecular weight excluding hydrogens is 140 g/mol. The quantitative estimate of drug-likeness (QED) is 0.506. The van der Waals surface area contributed by atoms with Crippen LogP contribution in [0.15, 0.2) is 0 Å². The Kier molecular flexibility index (Phi) is 2.11. The maximum absolute atomic E-state index is 5.46. The Hall–Kier alpha value is -0.120. The smallest absolute Gasteiger partial charge is 0.0661 e. The fraction of sp³-hybridized carbons (Fsp3) is 1.00. The van der Waals surface area contributed by atoms with Crippen molar-refractivity contribution < 1.29 is 4.74 Å². The van der Waals surface area contributed by atoms with Crippen LogP contribution >= 0.6 is 0 Å². The second-order valence-corrected chi connectivity index (χ2v) is 3.54. The third kappa shape index (κ3) is 1.55. The lowest BCUT2D eigenvalue weighted by Crippen LogP contribution is -2.61. The van der Waals surface area contributed by atoms with Crippen LogP contribution in [0.25, 0.3) is 0 Å². The molecule has 0 aromatic heterocycles. The van der Waals surface area contributed by atoms with E-state index in [9.17, 15) is 0 Å². The predicted octanol–water partition coefficient (Wildman–Crippen LogP) is -0.272. The van der Waals surface area contributed by atoms with E-state index in [1.165, 1.54) is 19.4 Å². The van der Waals surface area contributed by atoms with Gasteiger partial charge in [0.15, 0.2) is 0 Å². The van der Waals surface area contributed by atoms with Gasteiger partial charge in [-0.2, -0.15) is 0 Å². The Morgan fingerprint density at radius 1 is 1.27 bits per heavy atom. The zero-order valence-corrected chi connectivity index (χ0v) is 6.86. The van der Waals surface area contributed by atoms with E-state index in [2.05, 4.69) is 10.6 Å². The van der Waals surface area contributed by atoms with Crippen LogP contribution in [0, 0.1) is 0 Å². The first-order valence-corrected chi connectivity index (χ1v) is 4.45. The summed E-state index contributed by atoms with van der Waals surface area (Å²) in [4.78, 5) is 0. The van der Waals surface area contributed by atoms with Crippen molar-refractivity contribution in [3.63, 3.8) is 0 Å². The molecule has 2 rings (SSSR count). The van der Waals surface area contributed by atoms with Gasteiger partial charge >= 0.3 is 0 Å². The van der Waals surface area contributed by atoms with E-state index < -0.39 is 0 Å². The van der Waals surface area contributed by atoms with Crippen molar-refractivity contribution in [2.24, 2.45) is 0 Å². The lowest BCUT2D eigenvalue weighted by molar-refractivity contribution is 0.0160. The van der Waals surface area contributed by atoms with E-state index in [0.717, 1.165) is 26.3 Å². The monoisotopic (exact) mass is 156 g/mol. The average Bonchev–Trinajstić information content (AvgIpc) is 2.07. The molecule has 2 fully saturated rings. The van der Waals surface area contributed by atoms with Crippen LogP contribution in [0.3, 0.4) is 0 Å². The summed E-state index contributed by atoms with van der Waals surface area (Å²) >= 11 is 0. The van der Waals surface area contributed by atoms with Gasteiger partial charge in [-0.3, -0.25) is 0 Å². The molecule has 1 atom stereocenters. The fourth-order valence-electron chi connectivity index (χ4n) is 1.95. The van der Waals surface area contributed by atoms with Gasteiger partial charge in [-0.05, 0) is 19.4 Å². The molecule has 3 nitrogen and oxygen atoms in total. The summed E-state index contributed by atoms with van der Waals surface area (Å²) in [6, 6.07) is 0. The lowest BCUT2D eigenvalue weighted by atomic mass is 9.90. The molecule has 0 aromatic carbocycles. The van der Waals surface area contributed by atoms with Crippen LogP contribution in [0.2, 0.25) is 0 Å². The molecule has 0 saturated carbocycles. The molecule has 2 N–H and O–H groups in total. The molecule has 3 heteroatoms. The molecule has 0 amide bonds. The Bertz CT molecular complexity index is 107. The zero-order valence-electron chi connectivity index (χ0n) is 6.86. The van der Waals surface area contributed by atoms with E-state index in [1.807, 2.05) is 0 Å². The Morgan fingerprint density at radius 3 is 2.91 bits per heavy atom. The lowest BCUT2D eigenvalue weighted by Gasteiger charge is -2.41. The molecule has 2 saturated heterocycles. The van der Waals surface area contributed by atoms with Gasteiger partial charge in [0.25, 0.3) is 0 Å². The summed E-state index contributed by atoms with van der Waals surface area (Å²) in [6.45, 7) is 5.03. The molecule has 11 heavy (non-hydrogen) atoms. The minimum absolute atomic E-state index is 0.274. The summed E-state index contributed by atoms with van der Waals surface area (Å²) in [5.74, 6) is 0. The van der Waals surface area contributed by atoms with Crippen molar-refractivity contribution in [1.29, 1.82) is 0 Å². The first-order chi connectivity index (χ1) is 5.41. The Morgan fingerprint density at radius 2 is 2.27 bits per heavy atom. The van der Waals surface area contributed by atoms with Crippen molar-refractivity contribution in [2.75, 3.05) is 32.8 Å². The van der Waals surface area contributed by atoms with Gasteiger partial charge in [0.1, 0.15) is 0 Å². The molecule has 2 aliphatic heterocycles. The van der Waals surface area contributed by atoms with Crippen LogP contribution in [0.1, 0.15) is 12.8 Å². The molecule has 2 aliphatic rings. The SMILES string of the molecule is C1CNCC2(C1)COCCN2. The van der Waals surface area contributed by atoms with Gasteiger partial charge in [-0.1, -0.05) is 0 Å². The Labute approximate surface area is 67.5 Å². The van der Waals surface area contributed by atoms with E-state index in [4.69, 9.17) is 4.74 Å². The summed E-state index contributed by atoms with van der Waals surface area (Å²) in [6.07, 6.45) is 2.54. The third-order valence-electron chi connectivity index (χ3n) is 2.60. The minimum Gasteiger partial charge on any atom is -0.378 e. The van der Waals surface area contributed by atoms with Gasteiger partial charge in [-0.15, -0.1) is 0 Å². The van der Waals surface area contributed by atoms with Crippen molar-refractivity contribution in [2.45, 2.75) is 18.4 Å². The number of piperidine rings is 1. The van der Waals surface area contributed by atoms with Crippen LogP contribution in [0.4, 0.5) is 0 Å². The van der Waals surface area contributed by atoms with E-state index in [1.54, 1.807) is 0 Å². The van der Waals surface area contributed by atoms with E-state index in [-0.39, 0.29) is 5.54 Å². The molecule has 64 valence electrons. The van der Waals surface area contributed by atoms with Crippen LogP contribution < -0.4 is 10.6 Å². The average molecular weight is 156 g/mol. The fourth-order valence-corrected chi connectivity index (χ4v) is 1.95. The maximum Gasteiger partial charge on any atom is 0.0661 e. The number of morpholine rings is 1. The standard InChI is InChI=1S/C8H16N2O/c1-2-8(6-9-3-1)7-11-5-4-10-8/h9-10H,1-7H2. The van der Waals surface area contributed by atoms with Gasteiger partial charge in [0.2, 0.25) is 0 Å². The van der Waals surface area contributed by atoms with Gasteiger partial charge in [0, 0.05) is 13.1 Å². The van der Waals surface area contributed by atoms with Crippen molar-refractivity contribution in [3.05, 3.63) is 0 Å². The van der Waals surface area contributed by atoms with Crippen LogP contribution in [0.5, 0.6) is 0 Å². The molecule has 0 radical (unpaired) electrons. The summed E-state index contributed by atoms with van der Waals surface area (Å²) < 4.78 is 5.46. The van der Waals surface area contributed by atoms with E-state index in [0.29, 0.717) is 0 Å². The zero-order chi connectivity index (χ0) is 7.57. The molecule has 1 unspecified atom stereocenters. The second kappa shape index (κ2) is 3.09. The topological polar surface area (TPSA) is 33.3 Å². The summed E-state index contributed by atoms with van der Waals surface area (Å²) in [7, 11) is 0. The molecular formula is C8H16N2O. The predicted molar refractivity (Wildman–Crippen MR) is 43.7 cm³/mol. The molecule has 1 spiro atoms. The highest BCUT2D eigenvalue weighted by Crippen LogP contribution is 2.18. The minimum atomic E-state index is 0.274. The summed E-state index contributed by atoms with van der Waals surface area (Å²) in [5.41, 5.74) is 0.274. The maximum atomic E-state index is 5.46. The largest absolute Gasteiger partial charge is 0.378 e. The number of ether oxygens (including phenoxy) is 1. The highest BCUT2D eigenvalue weighted by molar-refractivity contribution is 4.94. The van der Waals surface area contributed by atoms with Gasteiger partial charge in [0.05, 0.1) is 18.8 Å². The van der Waals surface area contributed by atoms with E-state index >= 15 is 0 Å². The number of hydrogen-bond donors (Lipinski definition) is 2. The number of nitrogens with one attached hydrogen (secondary N) is 2. The van der Waals surface area contributed by atoms with Gasteiger partial charge < -0.3 is 15.4 Å². The second-order valence-electron chi connectivity index (χ2n) is 3.54. The highest BCUT2D eigenvalue weighted by atomic mass is 16.5. The van der Waals surface area contributed by atoms with Crippen molar-refractivity contribution in [3.8, 4) is 0 Å². The summed E-state index contributed by atoms with van der Waals surface area (Å²) in [5, 5.41) is 6.95. The molecule has 0 aromatic rings. The van der Waals surface area contributed by atoms with Crippen molar-refractivity contribution in [1.82, 2.24) is 10.6 Å². The van der Waals surface area contributed by atoms with Gasteiger partial charge in [-0.25, -0.2) is 0 Å². The van der Waals surface area contributed by atoms with Crippen LogP contribution in [-0.4, -0.2) is 38.4 Å². The third-order valence-corrected chi connectivity index (χ3v) is 2.60. The Balaban J connectivity index is 1.94. The molecule has 0 aliphatic carbocycles. The first kappa shape index (κ1) is 7.53. The first-order valence-electron chi connectivity index (χ1n) is 4.45. The normalized spacial score (nSPS) is 39.3. The van der Waals surface area contributed by atoms with Crippen LogP contribution in [-0.2, 0) is 4.74 Å². The highest BCUT2D eigenvalue weighted by Gasteiger charge is 2.33.